The fourth-order valence-electron chi connectivity index (χ4n) is 0.959. The molecule has 0 fully saturated rings. The van der Waals surface area contributed by atoms with Crippen LogP contribution in [-0.2, 0) is 4.74 Å². The molecule has 6 heteroatoms. The molecular weight excluding hydrogens is 190 g/mol. The predicted molar refractivity (Wildman–Crippen MR) is 43.7 cm³/mol. The lowest BCUT2D eigenvalue weighted by atomic mass is 10.2. The van der Waals surface area contributed by atoms with E-state index in [0.717, 1.165) is 19.4 Å². The van der Waals surface area contributed by atoms with Gasteiger partial charge in [0.05, 0.1) is 7.11 Å². The average Bonchev–Trinajstić information content (AvgIpc) is 2.16. The monoisotopic (exact) mass is 197 g/mol. The van der Waals surface area contributed by atoms with Gasteiger partial charge in [0.2, 0.25) is 0 Å². The molecule has 1 aromatic heterocycles. The van der Waals surface area contributed by atoms with Crippen molar-refractivity contribution in [2.45, 2.75) is 0 Å². The first kappa shape index (κ1) is 9.97. The number of carbonyl (C=O) groups excluding carboxylic acids is 1. The summed E-state index contributed by atoms with van der Waals surface area (Å²) in [6, 6.07) is 2.39. The zero-order chi connectivity index (χ0) is 10.7. The third-order valence-corrected chi connectivity index (χ3v) is 1.57. The number of esters is 1. The lowest BCUT2D eigenvalue weighted by Gasteiger charge is -2.04. The van der Waals surface area contributed by atoms with Crippen molar-refractivity contribution in [3.8, 4) is 0 Å². The number of carboxylic acids is 1. The smallest absolute Gasteiger partial charge is 0.405 e. The number of hydrogen-bond donors (Lipinski definition) is 1. The fraction of sp³-hybridized carbons (Fsp3) is 0.125. The number of methoxy groups -OCH3 is 1. The molecule has 1 heterocycles. The van der Waals surface area contributed by atoms with E-state index in [2.05, 4.69) is 4.74 Å². The second kappa shape index (κ2) is 3.73. The molecular formula is C8H7NO5. The van der Waals surface area contributed by atoms with Crippen LogP contribution in [0.1, 0.15) is 20.8 Å². The molecule has 1 rings (SSSR count). The molecule has 0 saturated heterocycles. The van der Waals surface area contributed by atoms with Crippen LogP contribution in [0.2, 0.25) is 0 Å². The van der Waals surface area contributed by atoms with Gasteiger partial charge in [0, 0.05) is 6.07 Å². The molecule has 0 unspecified atom stereocenters. The van der Waals surface area contributed by atoms with E-state index in [1.54, 1.807) is 0 Å². The zero-order valence-electron chi connectivity index (χ0n) is 7.26. The van der Waals surface area contributed by atoms with Crippen molar-refractivity contribution >= 4 is 11.9 Å². The molecule has 0 aliphatic rings. The lowest BCUT2D eigenvalue weighted by Crippen LogP contribution is -2.37. The number of nitrogens with zero attached hydrogens (tertiary/aromatic N) is 1. The molecule has 1 aromatic rings. The SMILES string of the molecule is COC(=O)c1c(C(=O)O)ccc[n+]1[O-]. The first-order valence-electron chi connectivity index (χ1n) is 3.61. The van der Waals surface area contributed by atoms with Crippen LogP contribution >= 0.6 is 0 Å². The Balaban J connectivity index is 3.36. The summed E-state index contributed by atoms with van der Waals surface area (Å²) in [7, 11) is 1.07. The van der Waals surface area contributed by atoms with Crippen molar-refractivity contribution in [1.82, 2.24) is 0 Å². The van der Waals surface area contributed by atoms with E-state index in [1.165, 1.54) is 6.07 Å². The highest BCUT2D eigenvalue weighted by Crippen LogP contribution is 2.04. The Morgan fingerprint density at radius 3 is 2.71 bits per heavy atom. The molecule has 14 heavy (non-hydrogen) atoms. The van der Waals surface area contributed by atoms with Crippen LogP contribution in [0.5, 0.6) is 0 Å². The Hall–Kier alpha value is -2.11. The standard InChI is InChI=1S/C8H7NO5/c1-14-8(12)6-5(7(10)11)3-2-4-9(6)13/h2-4H,1H3,(H,10,11). The van der Waals surface area contributed by atoms with Crippen LogP contribution in [0.25, 0.3) is 0 Å². The number of carbonyl (C=O) groups is 2. The van der Waals surface area contributed by atoms with Gasteiger partial charge in [0.1, 0.15) is 5.56 Å². The topological polar surface area (TPSA) is 90.5 Å². The summed E-state index contributed by atoms with van der Waals surface area (Å²) in [5.74, 6) is -2.33. The highest BCUT2D eigenvalue weighted by molar-refractivity contribution is 5.99. The quantitative estimate of drug-likeness (QED) is 0.403. The van der Waals surface area contributed by atoms with Crippen molar-refractivity contribution < 1.29 is 24.2 Å². The molecule has 6 nitrogen and oxygen atoms in total. The first-order chi connectivity index (χ1) is 6.57. The van der Waals surface area contributed by atoms with Crippen molar-refractivity contribution in [3.63, 3.8) is 0 Å². The van der Waals surface area contributed by atoms with E-state index >= 15 is 0 Å². The van der Waals surface area contributed by atoms with Crippen LogP contribution in [0, 0.1) is 5.21 Å². The van der Waals surface area contributed by atoms with Gasteiger partial charge in [-0.1, -0.05) is 0 Å². The van der Waals surface area contributed by atoms with Gasteiger partial charge in [-0.2, -0.15) is 4.73 Å². The summed E-state index contributed by atoms with van der Waals surface area (Å²) >= 11 is 0. The summed E-state index contributed by atoms with van der Waals surface area (Å²) < 4.78 is 4.45. The van der Waals surface area contributed by atoms with E-state index < -0.39 is 17.6 Å². The summed E-state index contributed by atoms with van der Waals surface area (Å²) in [5, 5.41) is 19.8. The number of ether oxygens (including phenoxy) is 1. The molecule has 74 valence electrons. The van der Waals surface area contributed by atoms with Gasteiger partial charge in [-0.25, -0.2) is 9.59 Å². The number of pyridine rings is 1. The summed E-state index contributed by atoms with van der Waals surface area (Å²) in [4.78, 5) is 21.7. The average molecular weight is 197 g/mol. The fourth-order valence-corrected chi connectivity index (χ4v) is 0.959. The molecule has 0 amide bonds. The molecule has 0 aromatic carbocycles. The molecule has 0 radical (unpaired) electrons. The van der Waals surface area contributed by atoms with Gasteiger partial charge in [-0.15, -0.1) is 0 Å². The third kappa shape index (κ3) is 1.63. The van der Waals surface area contributed by atoms with Crippen molar-refractivity contribution in [3.05, 3.63) is 34.8 Å². The van der Waals surface area contributed by atoms with E-state index in [-0.39, 0.29) is 10.3 Å². The van der Waals surface area contributed by atoms with Gasteiger partial charge in [0.25, 0.3) is 0 Å². The second-order valence-electron chi connectivity index (χ2n) is 2.39. The van der Waals surface area contributed by atoms with E-state index in [9.17, 15) is 14.8 Å². The second-order valence-corrected chi connectivity index (χ2v) is 2.39. The number of aromatic carboxylic acids is 1. The highest BCUT2D eigenvalue weighted by atomic mass is 16.5. The Labute approximate surface area is 78.9 Å². The highest BCUT2D eigenvalue weighted by Gasteiger charge is 2.26. The Morgan fingerprint density at radius 2 is 2.21 bits per heavy atom. The molecule has 0 bridgehead atoms. The van der Waals surface area contributed by atoms with E-state index in [0.29, 0.717) is 0 Å². The minimum atomic E-state index is -1.35. The van der Waals surface area contributed by atoms with Crippen LogP contribution in [0.3, 0.4) is 0 Å². The number of hydrogen-bond acceptors (Lipinski definition) is 4. The summed E-state index contributed by atoms with van der Waals surface area (Å²) in [6.07, 6.45) is 1.03. The minimum Gasteiger partial charge on any atom is -0.618 e. The molecule has 0 aliphatic carbocycles. The first-order valence-corrected chi connectivity index (χ1v) is 3.61. The molecule has 0 spiro atoms. The molecule has 0 atom stereocenters. The van der Waals surface area contributed by atoms with Crippen LogP contribution in [0.4, 0.5) is 0 Å². The minimum absolute atomic E-state index is 0.162. The Kier molecular flexibility index (Phi) is 2.66. The maximum Gasteiger partial charge on any atom is 0.405 e. The number of aromatic nitrogens is 1. The summed E-state index contributed by atoms with van der Waals surface area (Å²) in [5.41, 5.74) is -0.906. The van der Waals surface area contributed by atoms with E-state index in [1.807, 2.05) is 0 Å². The molecule has 0 aliphatic heterocycles. The predicted octanol–water partition coefficient (Wildman–Crippen LogP) is -0.195. The molecule has 1 N–H and O–H groups in total. The Bertz CT molecular complexity index is 387. The Morgan fingerprint density at radius 1 is 1.57 bits per heavy atom. The van der Waals surface area contributed by atoms with E-state index in [4.69, 9.17) is 5.11 Å². The number of carboxylic acid groups (broad SMARTS) is 1. The van der Waals surface area contributed by atoms with Gasteiger partial charge in [0.15, 0.2) is 6.20 Å². The van der Waals surface area contributed by atoms with Crippen LogP contribution < -0.4 is 4.73 Å². The largest absolute Gasteiger partial charge is 0.618 e. The number of rotatable bonds is 2. The lowest BCUT2D eigenvalue weighted by molar-refractivity contribution is -0.608. The van der Waals surface area contributed by atoms with Crippen molar-refractivity contribution in [2.24, 2.45) is 0 Å². The van der Waals surface area contributed by atoms with Crippen LogP contribution in [0.15, 0.2) is 18.3 Å². The van der Waals surface area contributed by atoms with Gasteiger partial charge < -0.3 is 15.1 Å². The zero-order valence-corrected chi connectivity index (χ0v) is 7.26. The van der Waals surface area contributed by atoms with Crippen molar-refractivity contribution in [2.75, 3.05) is 7.11 Å². The van der Waals surface area contributed by atoms with Gasteiger partial charge in [-0.05, 0) is 6.07 Å². The maximum absolute atomic E-state index is 11.1. The van der Waals surface area contributed by atoms with Gasteiger partial charge in [-0.3, -0.25) is 0 Å². The molecule has 0 saturated carbocycles. The van der Waals surface area contributed by atoms with Crippen molar-refractivity contribution in [1.29, 1.82) is 0 Å². The third-order valence-electron chi connectivity index (χ3n) is 1.57. The van der Waals surface area contributed by atoms with Gasteiger partial charge >= 0.3 is 17.6 Å². The summed E-state index contributed by atoms with van der Waals surface area (Å²) in [6.45, 7) is 0. The van der Waals surface area contributed by atoms with Crippen LogP contribution in [-0.4, -0.2) is 24.2 Å². The normalized spacial score (nSPS) is 9.50. The maximum atomic E-state index is 11.1.